The number of methoxy groups -OCH3 is 1. The zero-order valence-electron chi connectivity index (χ0n) is 17.1. The molecule has 2 heterocycles. The first-order valence-electron chi connectivity index (χ1n) is 9.75. The zero-order valence-corrected chi connectivity index (χ0v) is 17.9. The number of hydrogen-bond donors (Lipinski definition) is 1. The maximum Gasteiger partial charge on any atom is 0.326 e. The minimum atomic E-state index is -3.90. The molecule has 0 bridgehead atoms. The van der Waals surface area contributed by atoms with Gasteiger partial charge in [-0.1, -0.05) is 17.7 Å². The van der Waals surface area contributed by atoms with E-state index in [0.29, 0.717) is 22.2 Å². The Hall–Kier alpha value is -3.33. The number of carbonyl (C=O) groups is 2. The van der Waals surface area contributed by atoms with Crippen LogP contribution in [0, 0.1) is 6.92 Å². The highest BCUT2D eigenvalue weighted by molar-refractivity contribution is 7.90. The van der Waals surface area contributed by atoms with E-state index in [4.69, 9.17) is 4.74 Å². The van der Waals surface area contributed by atoms with E-state index in [1.165, 1.54) is 22.2 Å². The third-order valence-corrected chi connectivity index (χ3v) is 7.28. The van der Waals surface area contributed by atoms with Crippen LogP contribution >= 0.6 is 0 Å². The van der Waals surface area contributed by atoms with E-state index in [2.05, 4.69) is 0 Å². The maximum absolute atomic E-state index is 13.4. The molecule has 0 radical (unpaired) electrons. The molecule has 1 fully saturated rings. The minimum Gasteiger partial charge on any atom is -0.497 e. The molecule has 162 valence electrons. The smallest absolute Gasteiger partial charge is 0.326 e. The highest BCUT2D eigenvalue weighted by atomic mass is 32.2. The van der Waals surface area contributed by atoms with Crippen LogP contribution in [-0.2, 0) is 26.2 Å². The van der Waals surface area contributed by atoms with Crippen LogP contribution in [0.4, 0.5) is 0 Å². The SMILES string of the molecule is COc1ccc2c(c1)c(CN1C(=O)CCC1C(=O)O)cn2S(=O)(=O)c1ccc(C)cc1. The van der Waals surface area contributed by atoms with Crippen LogP contribution in [-0.4, -0.2) is 47.4 Å². The van der Waals surface area contributed by atoms with Crippen molar-refractivity contribution in [3.8, 4) is 5.75 Å². The van der Waals surface area contributed by atoms with Gasteiger partial charge in [0.05, 0.1) is 17.5 Å². The van der Waals surface area contributed by atoms with Gasteiger partial charge >= 0.3 is 5.97 Å². The topological polar surface area (TPSA) is 106 Å². The summed E-state index contributed by atoms with van der Waals surface area (Å²) in [5.41, 5.74) is 1.90. The summed E-state index contributed by atoms with van der Waals surface area (Å²) in [6.45, 7) is 1.87. The van der Waals surface area contributed by atoms with Crippen molar-refractivity contribution in [3.63, 3.8) is 0 Å². The number of aryl methyl sites for hydroxylation is 1. The van der Waals surface area contributed by atoms with Crippen LogP contribution in [0.5, 0.6) is 5.75 Å². The Balaban J connectivity index is 1.86. The van der Waals surface area contributed by atoms with E-state index in [-0.39, 0.29) is 30.2 Å². The third-order valence-electron chi connectivity index (χ3n) is 5.59. The first-order valence-corrected chi connectivity index (χ1v) is 11.2. The lowest BCUT2D eigenvalue weighted by Gasteiger charge is -2.21. The highest BCUT2D eigenvalue weighted by Crippen LogP contribution is 2.32. The molecule has 1 amide bonds. The number of nitrogens with zero attached hydrogens (tertiary/aromatic N) is 2. The third kappa shape index (κ3) is 3.65. The second kappa shape index (κ2) is 7.73. The molecule has 1 N–H and O–H groups in total. The van der Waals surface area contributed by atoms with Gasteiger partial charge in [0.25, 0.3) is 10.0 Å². The molecule has 0 spiro atoms. The largest absolute Gasteiger partial charge is 0.497 e. The quantitative estimate of drug-likeness (QED) is 0.629. The molecule has 8 nitrogen and oxygen atoms in total. The number of benzene rings is 2. The monoisotopic (exact) mass is 442 g/mol. The van der Waals surface area contributed by atoms with Crippen molar-refractivity contribution in [1.29, 1.82) is 0 Å². The second-order valence-corrected chi connectivity index (χ2v) is 9.38. The van der Waals surface area contributed by atoms with Crippen LogP contribution < -0.4 is 4.74 Å². The number of likely N-dealkylation sites (tertiary alicyclic amines) is 1. The Bertz CT molecular complexity index is 1280. The lowest BCUT2D eigenvalue weighted by atomic mass is 10.1. The standard InChI is InChI=1S/C22H22N2O6S/c1-14-3-6-17(7-4-14)31(28,29)24-13-15(18-11-16(30-2)5-8-19(18)24)12-23-20(22(26)27)9-10-21(23)25/h3-8,11,13,20H,9-10,12H2,1-2H3,(H,26,27). The fraction of sp³-hybridized carbons (Fsp3) is 0.273. The van der Waals surface area contributed by atoms with Gasteiger partial charge in [-0.15, -0.1) is 0 Å². The van der Waals surface area contributed by atoms with E-state index in [9.17, 15) is 23.1 Å². The number of aliphatic carboxylic acids is 1. The van der Waals surface area contributed by atoms with Crippen LogP contribution in [0.15, 0.2) is 53.6 Å². The molecular weight excluding hydrogens is 420 g/mol. The molecule has 0 aliphatic carbocycles. The van der Waals surface area contributed by atoms with E-state index < -0.39 is 22.0 Å². The van der Waals surface area contributed by atoms with Crippen molar-refractivity contribution < 1.29 is 27.9 Å². The molecule has 31 heavy (non-hydrogen) atoms. The number of carboxylic acid groups (broad SMARTS) is 1. The van der Waals surface area contributed by atoms with Crippen LogP contribution in [0.3, 0.4) is 0 Å². The second-order valence-electron chi connectivity index (χ2n) is 7.57. The van der Waals surface area contributed by atoms with Gasteiger partial charge in [-0.25, -0.2) is 17.2 Å². The van der Waals surface area contributed by atoms with Gasteiger partial charge < -0.3 is 14.7 Å². The fourth-order valence-corrected chi connectivity index (χ4v) is 5.28. The van der Waals surface area contributed by atoms with Crippen molar-refractivity contribution in [2.75, 3.05) is 7.11 Å². The lowest BCUT2D eigenvalue weighted by molar-refractivity contribution is -0.146. The number of amides is 1. The van der Waals surface area contributed by atoms with Gasteiger partial charge in [0, 0.05) is 24.5 Å². The summed E-state index contributed by atoms with van der Waals surface area (Å²) < 4.78 is 33.2. The van der Waals surface area contributed by atoms with E-state index in [0.717, 1.165) is 5.56 Å². The van der Waals surface area contributed by atoms with Gasteiger partial charge in [0.15, 0.2) is 0 Å². The van der Waals surface area contributed by atoms with Crippen molar-refractivity contribution >= 4 is 32.8 Å². The van der Waals surface area contributed by atoms with Crippen LogP contribution in [0.25, 0.3) is 10.9 Å². The molecule has 1 aromatic heterocycles. The Morgan fingerprint density at radius 3 is 2.55 bits per heavy atom. The maximum atomic E-state index is 13.4. The van der Waals surface area contributed by atoms with Crippen molar-refractivity contribution in [2.45, 2.75) is 37.2 Å². The lowest BCUT2D eigenvalue weighted by Crippen LogP contribution is -2.37. The summed E-state index contributed by atoms with van der Waals surface area (Å²) in [4.78, 5) is 25.3. The first kappa shape index (κ1) is 20.9. The number of ether oxygens (including phenoxy) is 1. The molecule has 9 heteroatoms. The summed E-state index contributed by atoms with van der Waals surface area (Å²) in [5.74, 6) is -0.807. The zero-order chi connectivity index (χ0) is 22.3. The Morgan fingerprint density at radius 1 is 1.19 bits per heavy atom. The average Bonchev–Trinajstić information content (AvgIpc) is 3.29. The fourth-order valence-electron chi connectivity index (χ4n) is 3.89. The van der Waals surface area contributed by atoms with Crippen molar-refractivity contribution in [3.05, 3.63) is 59.8 Å². The summed E-state index contributed by atoms with van der Waals surface area (Å²) in [7, 11) is -2.40. The number of hydrogen-bond acceptors (Lipinski definition) is 5. The molecule has 4 rings (SSSR count). The molecule has 1 aliphatic heterocycles. The van der Waals surface area contributed by atoms with Crippen molar-refractivity contribution in [2.24, 2.45) is 0 Å². The Morgan fingerprint density at radius 2 is 1.90 bits per heavy atom. The van der Waals surface area contributed by atoms with Gasteiger partial charge in [-0.05, 0) is 49.2 Å². The number of carbonyl (C=O) groups excluding carboxylic acids is 1. The van der Waals surface area contributed by atoms with E-state index in [1.54, 1.807) is 42.5 Å². The van der Waals surface area contributed by atoms with Gasteiger partial charge in [-0.2, -0.15) is 0 Å². The molecule has 1 atom stereocenters. The summed E-state index contributed by atoms with van der Waals surface area (Å²) >= 11 is 0. The van der Waals surface area contributed by atoms with Crippen LogP contribution in [0.2, 0.25) is 0 Å². The van der Waals surface area contributed by atoms with Gasteiger partial charge in [0.1, 0.15) is 11.8 Å². The normalized spacial score (nSPS) is 16.8. The molecule has 1 aliphatic rings. The summed E-state index contributed by atoms with van der Waals surface area (Å²) in [5, 5.41) is 10.0. The predicted molar refractivity (Wildman–Crippen MR) is 113 cm³/mol. The Labute approximate surface area is 179 Å². The predicted octanol–water partition coefficient (Wildman–Crippen LogP) is 2.77. The minimum absolute atomic E-state index is 0.00408. The molecule has 1 saturated heterocycles. The summed E-state index contributed by atoms with van der Waals surface area (Å²) in [6.07, 6.45) is 1.85. The average molecular weight is 442 g/mol. The highest BCUT2D eigenvalue weighted by Gasteiger charge is 2.36. The van der Waals surface area contributed by atoms with Crippen LogP contribution in [0.1, 0.15) is 24.0 Å². The first-order chi connectivity index (χ1) is 14.7. The Kier molecular flexibility index (Phi) is 5.22. The summed E-state index contributed by atoms with van der Waals surface area (Å²) in [6, 6.07) is 10.6. The molecule has 1 unspecified atom stereocenters. The number of fused-ring (bicyclic) bond motifs is 1. The molecule has 0 saturated carbocycles. The molecular formula is C22H22N2O6S. The number of aromatic nitrogens is 1. The number of carboxylic acids is 1. The van der Waals surface area contributed by atoms with E-state index in [1.807, 2.05) is 6.92 Å². The molecule has 2 aromatic carbocycles. The van der Waals surface area contributed by atoms with Gasteiger partial charge in [0.2, 0.25) is 5.91 Å². The van der Waals surface area contributed by atoms with E-state index >= 15 is 0 Å². The van der Waals surface area contributed by atoms with Crippen molar-refractivity contribution in [1.82, 2.24) is 8.87 Å². The molecule has 3 aromatic rings. The van der Waals surface area contributed by atoms with Gasteiger partial charge in [-0.3, -0.25) is 4.79 Å². The number of rotatable bonds is 6.